The summed E-state index contributed by atoms with van der Waals surface area (Å²) in [7, 11) is 0. The van der Waals surface area contributed by atoms with Crippen molar-refractivity contribution in [2.75, 3.05) is 18.2 Å². The molecule has 0 spiro atoms. The zero-order chi connectivity index (χ0) is 22.0. The number of pyridine rings is 1. The number of aromatic nitrogens is 3. The van der Waals surface area contributed by atoms with E-state index >= 15 is 0 Å². The van der Waals surface area contributed by atoms with Crippen LogP contribution in [0, 0.1) is 0 Å². The number of hydroxylamine groups is 1. The van der Waals surface area contributed by atoms with Crippen molar-refractivity contribution >= 4 is 40.0 Å². The minimum atomic E-state index is -0.635. The molecule has 1 aliphatic rings. The number of halogens is 1. The van der Waals surface area contributed by atoms with Gasteiger partial charge >= 0.3 is 0 Å². The van der Waals surface area contributed by atoms with Crippen molar-refractivity contribution in [2.45, 2.75) is 31.8 Å². The van der Waals surface area contributed by atoms with Crippen molar-refractivity contribution in [2.24, 2.45) is 5.73 Å². The number of fused-ring (bicyclic) bond motifs is 1. The van der Waals surface area contributed by atoms with Gasteiger partial charge in [-0.1, -0.05) is 29.8 Å². The number of carbonyl (C=O) groups excluding carboxylic acids is 2. The highest BCUT2D eigenvalue weighted by atomic mass is 35.5. The van der Waals surface area contributed by atoms with Gasteiger partial charge < -0.3 is 10.6 Å². The van der Waals surface area contributed by atoms with E-state index in [0.29, 0.717) is 28.2 Å². The number of anilines is 1. The van der Waals surface area contributed by atoms with E-state index in [9.17, 15) is 14.8 Å². The fourth-order valence-corrected chi connectivity index (χ4v) is 3.90. The number of rotatable bonds is 8. The summed E-state index contributed by atoms with van der Waals surface area (Å²) in [6.45, 7) is 0.513. The van der Waals surface area contributed by atoms with Crippen molar-refractivity contribution in [1.29, 1.82) is 0 Å². The van der Waals surface area contributed by atoms with Gasteiger partial charge in [0.05, 0.1) is 29.0 Å². The Kier molecular flexibility index (Phi) is 6.06. The van der Waals surface area contributed by atoms with Gasteiger partial charge in [0.15, 0.2) is 5.69 Å². The predicted molar refractivity (Wildman–Crippen MR) is 116 cm³/mol. The summed E-state index contributed by atoms with van der Waals surface area (Å²) in [4.78, 5) is 30.7. The van der Waals surface area contributed by atoms with Crippen LogP contribution in [0.3, 0.4) is 0 Å². The van der Waals surface area contributed by atoms with Crippen molar-refractivity contribution in [1.82, 2.24) is 19.7 Å². The molecule has 0 radical (unpaired) electrons. The number of hydrogen-bond acceptors (Lipinski definition) is 6. The number of nitrogens with two attached hydrogens (primary N) is 1. The van der Waals surface area contributed by atoms with Gasteiger partial charge in [0.1, 0.15) is 6.54 Å². The second-order valence-corrected chi connectivity index (χ2v) is 7.98. The third-order valence-electron chi connectivity index (χ3n) is 5.55. The van der Waals surface area contributed by atoms with E-state index in [1.807, 2.05) is 6.07 Å². The maximum absolute atomic E-state index is 13.2. The van der Waals surface area contributed by atoms with Crippen LogP contribution in [0.2, 0.25) is 5.02 Å². The zero-order valence-corrected chi connectivity index (χ0v) is 17.6. The van der Waals surface area contributed by atoms with Crippen LogP contribution in [0.1, 0.15) is 29.8 Å². The van der Waals surface area contributed by atoms with Crippen LogP contribution in [0.5, 0.6) is 0 Å². The lowest BCUT2D eigenvalue weighted by Gasteiger charge is -2.38. The third-order valence-corrected chi connectivity index (χ3v) is 5.76. The average molecular weight is 443 g/mol. The average Bonchev–Trinajstić information content (AvgIpc) is 3.08. The maximum Gasteiger partial charge on any atom is 0.269 e. The van der Waals surface area contributed by atoms with E-state index in [4.69, 9.17) is 17.3 Å². The molecule has 2 heterocycles. The summed E-state index contributed by atoms with van der Waals surface area (Å²) in [6.07, 6.45) is 5.89. The molecule has 9 nitrogen and oxygen atoms in total. The summed E-state index contributed by atoms with van der Waals surface area (Å²) in [6, 6.07) is 8.90. The number of primary amides is 1. The molecule has 4 rings (SSSR count). The molecular formula is C21H23ClN6O3. The van der Waals surface area contributed by atoms with Crippen molar-refractivity contribution < 1.29 is 14.8 Å². The highest BCUT2D eigenvalue weighted by Crippen LogP contribution is 2.26. The van der Waals surface area contributed by atoms with Crippen LogP contribution >= 0.6 is 11.6 Å². The Labute approximate surface area is 184 Å². The van der Waals surface area contributed by atoms with E-state index in [0.717, 1.165) is 24.3 Å². The standard InChI is InChI=1S/C21H23ClN6O3/c22-14-10-16(12-24-11-14)28(31)9-8-26(15-4-3-5-15)19(29)13-27-18-7-2-1-6-17(18)20(25-27)21(23)30/h1-2,6-7,10-12,15,31H,3-5,8-9,13H2,(H2,23,30). The monoisotopic (exact) mass is 442 g/mol. The van der Waals surface area contributed by atoms with E-state index in [1.165, 1.54) is 17.1 Å². The Balaban J connectivity index is 1.50. The van der Waals surface area contributed by atoms with Crippen LogP contribution in [0.25, 0.3) is 10.9 Å². The van der Waals surface area contributed by atoms with Crippen LogP contribution in [0.4, 0.5) is 5.69 Å². The second kappa shape index (κ2) is 8.91. The van der Waals surface area contributed by atoms with Crippen LogP contribution in [-0.4, -0.2) is 55.8 Å². The van der Waals surface area contributed by atoms with Crippen LogP contribution in [-0.2, 0) is 11.3 Å². The van der Waals surface area contributed by atoms with E-state index < -0.39 is 5.91 Å². The van der Waals surface area contributed by atoms with E-state index in [1.54, 1.807) is 29.2 Å². The molecule has 162 valence electrons. The van der Waals surface area contributed by atoms with Gasteiger partial charge in [-0.2, -0.15) is 5.10 Å². The summed E-state index contributed by atoms with van der Waals surface area (Å²) in [5, 5.41) is 16.7. The van der Waals surface area contributed by atoms with Gasteiger partial charge in [0.2, 0.25) is 5.91 Å². The lowest BCUT2D eigenvalue weighted by atomic mass is 9.91. The summed E-state index contributed by atoms with van der Waals surface area (Å²) in [5.74, 6) is -0.768. The van der Waals surface area contributed by atoms with E-state index in [-0.39, 0.29) is 30.7 Å². The number of carbonyl (C=O) groups is 2. The van der Waals surface area contributed by atoms with Crippen molar-refractivity contribution in [3.05, 3.63) is 53.4 Å². The lowest BCUT2D eigenvalue weighted by Crippen LogP contribution is -2.48. The van der Waals surface area contributed by atoms with E-state index in [2.05, 4.69) is 10.1 Å². The van der Waals surface area contributed by atoms with Gasteiger partial charge in [-0.25, -0.2) is 0 Å². The first-order chi connectivity index (χ1) is 14.9. The first kappa shape index (κ1) is 21.1. The fourth-order valence-electron chi connectivity index (χ4n) is 3.73. The molecular weight excluding hydrogens is 420 g/mol. The van der Waals surface area contributed by atoms with Gasteiger partial charge in [0.25, 0.3) is 5.91 Å². The molecule has 1 aliphatic carbocycles. The Morgan fingerprint density at radius 2 is 2.00 bits per heavy atom. The Morgan fingerprint density at radius 1 is 1.23 bits per heavy atom. The molecule has 0 aliphatic heterocycles. The highest BCUT2D eigenvalue weighted by molar-refractivity contribution is 6.30. The zero-order valence-electron chi connectivity index (χ0n) is 16.8. The molecule has 31 heavy (non-hydrogen) atoms. The quantitative estimate of drug-likeness (QED) is 0.517. The molecule has 3 aromatic rings. The number of benzene rings is 1. The minimum absolute atomic E-state index is 0.0194. The molecule has 1 aromatic carbocycles. The maximum atomic E-state index is 13.2. The van der Waals surface area contributed by atoms with Gasteiger partial charge in [-0.05, 0) is 31.4 Å². The third kappa shape index (κ3) is 4.47. The van der Waals surface area contributed by atoms with Crippen LogP contribution in [0.15, 0.2) is 42.7 Å². The normalized spacial score (nSPS) is 13.7. The molecule has 10 heteroatoms. The predicted octanol–water partition coefficient (Wildman–Crippen LogP) is 2.46. The number of nitrogens with zero attached hydrogens (tertiary/aromatic N) is 5. The second-order valence-electron chi connectivity index (χ2n) is 7.54. The molecule has 0 saturated heterocycles. The lowest BCUT2D eigenvalue weighted by molar-refractivity contribution is -0.136. The smallest absolute Gasteiger partial charge is 0.269 e. The first-order valence-electron chi connectivity index (χ1n) is 10.1. The first-order valence-corrected chi connectivity index (χ1v) is 10.4. The molecule has 0 atom stereocenters. The largest absolute Gasteiger partial charge is 0.364 e. The molecule has 1 fully saturated rings. The van der Waals surface area contributed by atoms with Crippen molar-refractivity contribution in [3.63, 3.8) is 0 Å². The molecule has 1 saturated carbocycles. The molecule has 0 bridgehead atoms. The summed E-state index contributed by atoms with van der Waals surface area (Å²) in [5.41, 5.74) is 6.73. The molecule has 2 amide bonds. The highest BCUT2D eigenvalue weighted by Gasteiger charge is 2.29. The van der Waals surface area contributed by atoms with Gasteiger partial charge in [-0.15, -0.1) is 0 Å². The SMILES string of the molecule is NC(=O)c1nn(CC(=O)N(CCN(O)c2cncc(Cl)c2)C2CCC2)c2ccccc12. The van der Waals surface area contributed by atoms with Crippen molar-refractivity contribution in [3.8, 4) is 0 Å². The fraction of sp³-hybridized carbons (Fsp3) is 0.333. The topological polar surface area (TPSA) is 118 Å². The number of para-hydroxylation sites is 1. The Morgan fingerprint density at radius 3 is 2.68 bits per heavy atom. The van der Waals surface area contributed by atoms with Crippen LogP contribution < -0.4 is 10.8 Å². The molecule has 0 unspecified atom stereocenters. The summed E-state index contributed by atoms with van der Waals surface area (Å²) >= 11 is 5.94. The number of amides is 2. The Bertz CT molecular complexity index is 1110. The van der Waals surface area contributed by atoms with Gasteiger partial charge in [-0.3, -0.25) is 29.5 Å². The number of hydrogen-bond donors (Lipinski definition) is 2. The van der Waals surface area contributed by atoms with Gasteiger partial charge in [0, 0.05) is 24.2 Å². The Hall–Kier alpha value is -3.17. The minimum Gasteiger partial charge on any atom is -0.364 e. The summed E-state index contributed by atoms with van der Waals surface area (Å²) < 4.78 is 1.51. The molecule has 2 aromatic heterocycles. The molecule has 3 N–H and O–H groups in total.